The maximum atomic E-state index is 11.8. The highest BCUT2D eigenvalue weighted by molar-refractivity contribution is 7.93. The minimum absolute atomic E-state index is 0.0948. The van der Waals surface area contributed by atoms with Crippen molar-refractivity contribution in [2.24, 2.45) is 0 Å². The van der Waals surface area contributed by atoms with Gasteiger partial charge >= 0.3 is 10.5 Å². The Morgan fingerprint density at radius 2 is 2.00 bits per heavy atom. The minimum Gasteiger partial charge on any atom is -0.367 e. The first-order chi connectivity index (χ1) is 9.63. The lowest BCUT2D eigenvalue weighted by molar-refractivity contribution is -0.637. The molecule has 0 aliphatic carbocycles. The Hall–Kier alpha value is -1.59. The first-order valence-corrected chi connectivity index (χ1v) is 7.44. The largest absolute Gasteiger partial charge is 0.484 e. The number of aromatic nitrogens is 2. The summed E-state index contributed by atoms with van der Waals surface area (Å²) in [6.07, 6.45) is 0. The number of hydrogen-bond acceptors (Lipinski definition) is 7. The summed E-state index contributed by atoms with van der Waals surface area (Å²) in [4.78, 5) is 2.01. The fourth-order valence-electron chi connectivity index (χ4n) is 2.26. The van der Waals surface area contributed by atoms with E-state index < -0.39 is 10.5 Å². The third kappa shape index (κ3) is 2.17. The molecule has 1 unspecified atom stereocenters. The predicted molar refractivity (Wildman–Crippen MR) is 67.9 cm³/mol. The number of anilines is 1. The molecule has 1 atom stereocenters. The van der Waals surface area contributed by atoms with Crippen LogP contribution in [0.1, 0.15) is 0 Å². The van der Waals surface area contributed by atoms with E-state index in [4.69, 9.17) is 4.63 Å². The monoisotopic (exact) mass is 300 g/mol. The lowest BCUT2D eigenvalue weighted by Gasteiger charge is -2.29. The molecule has 1 aromatic carbocycles. The van der Waals surface area contributed by atoms with E-state index >= 15 is 0 Å². The summed E-state index contributed by atoms with van der Waals surface area (Å²) >= 11 is 0. The van der Waals surface area contributed by atoms with Crippen LogP contribution < -0.4 is 16.1 Å². The molecule has 1 radical (unpaired) electrons. The number of nitrogens with zero attached hydrogens (tertiary/aromatic N) is 3. The number of quaternary nitrogens is 1. The van der Waals surface area contributed by atoms with E-state index in [-0.39, 0.29) is 10.4 Å². The summed E-state index contributed by atoms with van der Waals surface area (Å²) in [6, 6.07) is 3.12. The summed E-state index contributed by atoms with van der Waals surface area (Å²) < 4.78 is 32.5. The molecule has 20 heavy (non-hydrogen) atoms. The molecule has 10 heteroatoms. The normalized spacial score (nSPS) is 19.2. The van der Waals surface area contributed by atoms with Gasteiger partial charge in [-0.25, -0.2) is 4.63 Å². The Balaban J connectivity index is 2.11. The Bertz CT molecular complexity index is 669. The van der Waals surface area contributed by atoms with Gasteiger partial charge in [-0.2, -0.15) is 5.90 Å². The highest BCUT2D eigenvalue weighted by atomic mass is 32.3. The smallest absolute Gasteiger partial charge is 0.367 e. The second kappa shape index (κ2) is 5.07. The maximum Gasteiger partial charge on any atom is 0.484 e. The molecule has 4 N–H and O–H groups in total. The minimum atomic E-state index is -3.95. The number of rotatable bonds is 3. The summed E-state index contributed by atoms with van der Waals surface area (Å²) in [5, 5.41) is 10.7. The molecule has 0 bridgehead atoms. The van der Waals surface area contributed by atoms with Crippen molar-refractivity contribution >= 4 is 27.2 Å². The zero-order chi connectivity index (χ0) is 14.2. The van der Waals surface area contributed by atoms with Gasteiger partial charge in [0.15, 0.2) is 11.0 Å². The van der Waals surface area contributed by atoms with Gasteiger partial charge in [0.2, 0.25) is 0 Å². The van der Waals surface area contributed by atoms with Crippen LogP contribution in [0.15, 0.2) is 21.7 Å². The van der Waals surface area contributed by atoms with Gasteiger partial charge in [0.25, 0.3) is 4.90 Å². The van der Waals surface area contributed by atoms with Gasteiger partial charge < -0.3 is 10.2 Å². The van der Waals surface area contributed by atoms with E-state index in [1.807, 2.05) is 0 Å². The van der Waals surface area contributed by atoms with Crippen LogP contribution >= 0.6 is 0 Å². The van der Waals surface area contributed by atoms with Gasteiger partial charge in [-0.1, -0.05) is 0 Å². The van der Waals surface area contributed by atoms with Crippen molar-refractivity contribution in [2.45, 2.75) is 4.90 Å². The van der Waals surface area contributed by atoms with Gasteiger partial charge in [0.1, 0.15) is 0 Å². The van der Waals surface area contributed by atoms with E-state index in [1.54, 1.807) is 6.07 Å². The summed E-state index contributed by atoms with van der Waals surface area (Å²) in [6.45, 7) is 3.32. The van der Waals surface area contributed by atoms with Crippen LogP contribution in [0, 0.1) is 0 Å². The Labute approximate surface area is 115 Å². The molecule has 2 heterocycles. The average molecular weight is 300 g/mol. The summed E-state index contributed by atoms with van der Waals surface area (Å²) in [7, 11) is -3.95. The third-order valence-corrected chi connectivity index (χ3v) is 4.42. The molecular formula is C10H14N5O4S+2. The molecule has 2 aromatic rings. The van der Waals surface area contributed by atoms with Crippen LogP contribution in [0.4, 0.5) is 5.69 Å². The van der Waals surface area contributed by atoms with Crippen LogP contribution in [-0.4, -0.2) is 36.5 Å². The highest BCUT2D eigenvalue weighted by Gasteiger charge is 2.41. The topological polar surface area (TPSA) is 128 Å². The van der Waals surface area contributed by atoms with Crippen LogP contribution in [0.2, 0.25) is 0 Å². The molecule has 0 spiro atoms. The first-order valence-electron chi connectivity index (χ1n) is 6.03. The van der Waals surface area contributed by atoms with Crippen molar-refractivity contribution < 1.29 is 23.6 Å². The summed E-state index contributed by atoms with van der Waals surface area (Å²) in [5.74, 6) is 2.95. The van der Waals surface area contributed by atoms with Crippen molar-refractivity contribution in [3.05, 3.63) is 12.1 Å². The van der Waals surface area contributed by atoms with E-state index in [0.717, 1.165) is 31.9 Å². The molecule has 107 valence electrons. The molecule has 1 saturated heterocycles. The molecule has 1 aliphatic rings. The number of piperazine rings is 1. The first kappa shape index (κ1) is 13.4. The fourth-order valence-corrected chi connectivity index (χ4v) is 2.99. The maximum absolute atomic E-state index is 11.8. The zero-order valence-corrected chi connectivity index (χ0v) is 11.4. The van der Waals surface area contributed by atoms with Gasteiger partial charge in [0.05, 0.1) is 14.5 Å². The second-order valence-electron chi connectivity index (χ2n) is 4.35. The predicted octanol–water partition coefficient (Wildman–Crippen LogP) is -1.08. The number of nitrogens with one attached hydrogen (secondary N) is 1. The SMILES string of the molecule is [NH3+]O[S+]([O])(=O)c1ccc(N2CCNCC2)c2nonc12. The van der Waals surface area contributed by atoms with Crippen molar-refractivity contribution in [3.8, 4) is 0 Å². The summed E-state index contributed by atoms with van der Waals surface area (Å²) in [5.41, 5.74) is 1.36. The van der Waals surface area contributed by atoms with Crippen molar-refractivity contribution in [1.82, 2.24) is 15.6 Å². The Morgan fingerprint density at radius 3 is 2.70 bits per heavy atom. The number of fused-ring (bicyclic) bond motifs is 1. The van der Waals surface area contributed by atoms with Crippen LogP contribution in [0.3, 0.4) is 0 Å². The van der Waals surface area contributed by atoms with Crippen molar-refractivity contribution in [1.29, 1.82) is 0 Å². The van der Waals surface area contributed by atoms with Crippen molar-refractivity contribution in [2.75, 3.05) is 31.1 Å². The van der Waals surface area contributed by atoms with E-state index in [0.29, 0.717) is 5.52 Å². The van der Waals surface area contributed by atoms with Crippen LogP contribution in [-0.2, 0) is 23.5 Å². The molecule has 0 amide bonds. The van der Waals surface area contributed by atoms with Gasteiger partial charge in [-0.15, -0.1) is 0 Å². The quantitative estimate of drug-likeness (QED) is 0.545. The van der Waals surface area contributed by atoms with E-state index in [9.17, 15) is 8.76 Å². The molecular weight excluding hydrogens is 286 g/mol. The van der Waals surface area contributed by atoms with Gasteiger partial charge in [-0.3, -0.25) is 0 Å². The Kier molecular flexibility index (Phi) is 3.40. The lowest BCUT2D eigenvalue weighted by Crippen LogP contribution is -2.52. The highest BCUT2D eigenvalue weighted by Crippen LogP contribution is 2.31. The molecule has 3 rings (SSSR count). The molecule has 1 fully saturated rings. The third-order valence-electron chi connectivity index (χ3n) is 3.24. The Morgan fingerprint density at radius 1 is 1.30 bits per heavy atom. The van der Waals surface area contributed by atoms with Crippen LogP contribution in [0.25, 0.3) is 11.0 Å². The number of benzene rings is 1. The van der Waals surface area contributed by atoms with E-state index in [2.05, 4.69) is 30.7 Å². The lowest BCUT2D eigenvalue weighted by atomic mass is 10.2. The van der Waals surface area contributed by atoms with Gasteiger partial charge in [0, 0.05) is 32.2 Å². The van der Waals surface area contributed by atoms with Crippen molar-refractivity contribution in [3.63, 3.8) is 0 Å². The fraction of sp³-hybridized carbons (Fsp3) is 0.400. The average Bonchev–Trinajstić information content (AvgIpc) is 2.96. The molecule has 1 aliphatic heterocycles. The van der Waals surface area contributed by atoms with Gasteiger partial charge in [-0.05, 0) is 20.6 Å². The molecule has 1 aromatic heterocycles. The molecule has 9 nitrogen and oxygen atoms in total. The van der Waals surface area contributed by atoms with E-state index in [1.165, 1.54) is 6.07 Å². The standard InChI is InChI=1S/C10H14N5O4S/c11-18-20(16,17)8-2-1-7(9-10(8)14-19-13-9)15-5-3-12-4-6-15/h1-2,12H,3-6H2,11H3/q+2. The molecule has 0 saturated carbocycles. The zero-order valence-electron chi connectivity index (χ0n) is 10.6. The second-order valence-corrected chi connectivity index (χ2v) is 5.94. The van der Waals surface area contributed by atoms with Crippen LogP contribution in [0.5, 0.6) is 0 Å². The number of hydrogen-bond donors (Lipinski definition) is 2.